The average molecular weight is 189 g/mol. The van der Waals surface area contributed by atoms with Crippen molar-refractivity contribution in [2.45, 2.75) is 25.2 Å². The molecule has 1 aliphatic carbocycles. The first-order chi connectivity index (χ1) is 6.84. The van der Waals surface area contributed by atoms with Crippen LogP contribution in [0.3, 0.4) is 0 Å². The van der Waals surface area contributed by atoms with Gasteiger partial charge in [0, 0.05) is 18.8 Å². The van der Waals surface area contributed by atoms with Crippen LogP contribution in [0.25, 0.3) is 0 Å². The number of hydrogen-bond acceptors (Lipinski definition) is 2. The van der Waals surface area contributed by atoms with Gasteiger partial charge in [0.15, 0.2) is 0 Å². The number of allylic oxidation sites excluding steroid dienone is 2. The lowest BCUT2D eigenvalue weighted by atomic mass is 9.93. The average Bonchev–Trinajstić information content (AvgIpc) is 2.51. The summed E-state index contributed by atoms with van der Waals surface area (Å²) in [4.78, 5) is 15.6. The van der Waals surface area contributed by atoms with Crippen molar-refractivity contribution in [2.75, 3.05) is 5.43 Å². The molecule has 2 aliphatic rings. The van der Waals surface area contributed by atoms with Gasteiger partial charge in [-0.05, 0) is 6.42 Å². The van der Waals surface area contributed by atoms with Gasteiger partial charge < -0.3 is 0 Å². The van der Waals surface area contributed by atoms with E-state index >= 15 is 0 Å². The van der Waals surface area contributed by atoms with Gasteiger partial charge in [0.25, 0.3) is 0 Å². The van der Waals surface area contributed by atoms with Gasteiger partial charge in [0.2, 0.25) is 5.91 Å². The lowest BCUT2D eigenvalue weighted by Crippen LogP contribution is -2.21. The summed E-state index contributed by atoms with van der Waals surface area (Å²) in [6, 6.07) is 0. The van der Waals surface area contributed by atoms with Crippen LogP contribution < -0.4 is 5.43 Å². The van der Waals surface area contributed by atoms with Crippen molar-refractivity contribution in [3.05, 3.63) is 29.9 Å². The second-order valence-electron chi connectivity index (χ2n) is 3.76. The van der Waals surface area contributed by atoms with Crippen LogP contribution in [0.4, 0.5) is 0 Å². The molecular weight excluding hydrogens is 178 g/mol. The lowest BCUT2D eigenvalue weighted by molar-refractivity contribution is -0.117. The van der Waals surface area contributed by atoms with Crippen LogP contribution in [0.2, 0.25) is 0 Å². The number of hydrogen-bond donors (Lipinski definition) is 1. The third kappa shape index (κ3) is 0.999. The van der Waals surface area contributed by atoms with Gasteiger partial charge in [-0.1, -0.05) is 12.2 Å². The molecule has 4 nitrogen and oxygen atoms in total. The van der Waals surface area contributed by atoms with Crippen LogP contribution in [0, 0.1) is 0 Å². The highest BCUT2D eigenvalue weighted by atomic mass is 16.2. The van der Waals surface area contributed by atoms with Crippen molar-refractivity contribution in [3.63, 3.8) is 0 Å². The Hall–Kier alpha value is -1.58. The van der Waals surface area contributed by atoms with Crippen molar-refractivity contribution in [2.24, 2.45) is 0 Å². The Morgan fingerprint density at radius 1 is 1.57 bits per heavy atom. The Balaban J connectivity index is 2.14. The van der Waals surface area contributed by atoms with Gasteiger partial charge in [0.05, 0.1) is 11.4 Å². The number of nitrogens with zero attached hydrogens (tertiary/aromatic N) is 2. The van der Waals surface area contributed by atoms with Gasteiger partial charge >= 0.3 is 0 Å². The first-order valence-corrected chi connectivity index (χ1v) is 4.87. The minimum absolute atomic E-state index is 0.0769. The molecule has 0 saturated carbocycles. The first-order valence-electron chi connectivity index (χ1n) is 4.87. The van der Waals surface area contributed by atoms with E-state index in [4.69, 9.17) is 0 Å². The van der Waals surface area contributed by atoms with Crippen molar-refractivity contribution in [1.82, 2.24) is 9.66 Å². The summed E-state index contributed by atoms with van der Waals surface area (Å²) in [5.74, 6) is 0.438. The Bertz CT molecular complexity index is 419. The van der Waals surface area contributed by atoms with E-state index in [-0.39, 0.29) is 5.91 Å². The van der Waals surface area contributed by atoms with E-state index in [1.165, 1.54) is 5.69 Å². The second kappa shape index (κ2) is 2.70. The van der Waals surface area contributed by atoms with Crippen molar-refractivity contribution in [1.29, 1.82) is 0 Å². The maximum absolute atomic E-state index is 11.4. The predicted molar refractivity (Wildman–Crippen MR) is 51.4 cm³/mol. The Kier molecular flexibility index (Phi) is 1.50. The monoisotopic (exact) mass is 189 g/mol. The van der Waals surface area contributed by atoms with E-state index in [1.807, 2.05) is 0 Å². The quantitative estimate of drug-likeness (QED) is 0.617. The van der Waals surface area contributed by atoms with Gasteiger partial charge in [-0.3, -0.25) is 10.2 Å². The number of nitrogens with one attached hydrogen (secondary N) is 1. The maximum Gasteiger partial charge on any atom is 0.238 e. The van der Waals surface area contributed by atoms with Gasteiger partial charge in [0.1, 0.15) is 6.33 Å². The molecule has 0 spiro atoms. The molecule has 0 radical (unpaired) electrons. The highest BCUT2D eigenvalue weighted by Gasteiger charge is 2.25. The zero-order valence-electron chi connectivity index (χ0n) is 7.73. The van der Waals surface area contributed by atoms with E-state index in [1.54, 1.807) is 11.0 Å². The molecule has 1 aliphatic heterocycles. The fourth-order valence-corrected chi connectivity index (χ4v) is 2.18. The van der Waals surface area contributed by atoms with Crippen LogP contribution in [-0.4, -0.2) is 15.6 Å². The highest BCUT2D eigenvalue weighted by Crippen LogP contribution is 2.30. The topological polar surface area (TPSA) is 46.9 Å². The molecule has 1 N–H and O–H groups in total. The van der Waals surface area contributed by atoms with Crippen LogP contribution in [0.5, 0.6) is 0 Å². The molecule has 1 amide bonds. The van der Waals surface area contributed by atoms with Crippen LogP contribution in [0.15, 0.2) is 18.5 Å². The molecule has 0 bridgehead atoms. The molecule has 4 heteroatoms. The van der Waals surface area contributed by atoms with E-state index < -0.39 is 0 Å². The first kappa shape index (κ1) is 7.79. The Morgan fingerprint density at radius 2 is 2.50 bits per heavy atom. The summed E-state index contributed by atoms with van der Waals surface area (Å²) < 4.78 is 1.78. The molecule has 72 valence electrons. The zero-order valence-corrected chi connectivity index (χ0v) is 7.73. The minimum atomic E-state index is 0.0769. The van der Waals surface area contributed by atoms with E-state index in [9.17, 15) is 4.79 Å². The maximum atomic E-state index is 11.4. The number of carbonyl (C=O) groups is 1. The third-order valence-corrected chi connectivity index (χ3v) is 2.84. The summed E-state index contributed by atoms with van der Waals surface area (Å²) >= 11 is 0. The van der Waals surface area contributed by atoms with E-state index in [0.29, 0.717) is 12.3 Å². The molecule has 14 heavy (non-hydrogen) atoms. The fraction of sp³-hybridized carbons (Fsp3) is 0.400. The molecule has 1 aromatic rings. The van der Waals surface area contributed by atoms with Crippen LogP contribution in [-0.2, 0) is 11.2 Å². The molecule has 3 rings (SSSR count). The Morgan fingerprint density at radius 3 is 3.43 bits per heavy atom. The predicted octanol–water partition coefficient (Wildman–Crippen LogP) is 0.943. The summed E-state index contributed by atoms with van der Waals surface area (Å²) in [5.41, 5.74) is 5.08. The summed E-state index contributed by atoms with van der Waals surface area (Å²) in [7, 11) is 0. The number of aromatic nitrogens is 2. The molecule has 1 atom stereocenters. The smallest absolute Gasteiger partial charge is 0.238 e. The van der Waals surface area contributed by atoms with Crippen molar-refractivity contribution in [3.8, 4) is 0 Å². The largest absolute Gasteiger partial charge is 0.273 e. The molecule has 1 aromatic heterocycles. The van der Waals surface area contributed by atoms with Crippen molar-refractivity contribution < 1.29 is 4.79 Å². The molecular formula is C10H11N3O. The Labute approximate surface area is 81.6 Å². The van der Waals surface area contributed by atoms with Crippen LogP contribution in [0.1, 0.15) is 30.1 Å². The highest BCUT2D eigenvalue weighted by molar-refractivity contribution is 5.84. The van der Waals surface area contributed by atoms with E-state index in [2.05, 4.69) is 22.6 Å². The standard InChI is InChI=1S/C10H11N3O/c14-9-5-4-7-2-1-3-8-10(7)13(12-9)6-11-8/h1-2,6-7H,3-5H2,(H,12,14). The number of amides is 1. The lowest BCUT2D eigenvalue weighted by Gasteiger charge is -2.15. The summed E-state index contributed by atoms with van der Waals surface area (Å²) in [6.07, 6.45) is 8.39. The summed E-state index contributed by atoms with van der Waals surface area (Å²) in [5, 5.41) is 0. The second-order valence-corrected chi connectivity index (χ2v) is 3.76. The van der Waals surface area contributed by atoms with Crippen LogP contribution >= 0.6 is 0 Å². The summed E-state index contributed by atoms with van der Waals surface area (Å²) in [6.45, 7) is 0. The van der Waals surface area contributed by atoms with Gasteiger partial charge in [-0.25, -0.2) is 9.66 Å². The molecule has 2 heterocycles. The normalized spacial score (nSPS) is 24.0. The molecule has 0 aromatic carbocycles. The number of carbonyl (C=O) groups excluding carboxylic acids is 1. The molecule has 0 saturated heterocycles. The fourth-order valence-electron chi connectivity index (χ4n) is 2.18. The SMILES string of the molecule is O=C1CCC2C=CCc3ncn(c32)N1. The number of imidazole rings is 1. The number of rotatable bonds is 0. The minimum Gasteiger partial charge on any atom is -0.273 e. The molecule has 1 unspecified atom stereocenters. The van der Waals surface area contributed by atoms with Gasteiger partial charge in [-0.15, -0.1) is 0 Å². The molecule has 0 fully saturated rings. The van der Waals surface area contributed by atoms with Gasteiger partial charge in [-0.2, -0.15) is 0 Å². The van der Waals surface area contributed by atoms with E-state index in [0.717, 1.165) is 18.5 Å². The third-order valence-electron chi connectivity index (χ3n) is 2.84. The van der Waals surface area contributed by atoms with Crippen molar-refractivity contribution >= 4 is 5.91 Å². The zero-order chi connectivity index (χ0) is 9.54.